The number of fused-ring (bicyclic) bond motifs is 1. The normalized spacial score (nSPS) is 16.5. The van der Waals surface area contributed by atoms with Crippen LogP contribution < -0.4 is 9.46 Å². The molecule has 8 nitrogen and oxygen atoms in total. The van der Waals surface area contributed by atoms with Gasteiger partial charge in [-0.25, -0.2) is 8.42 Å². The first-order valence-corrected chi connectivity index (χ1v) is 8.64. The second-order valence-corrected chi connectivity index (χ2v) is 7.18. The molecule has 0 saturated carbocycles. The third-order valence-corrected chi connectivity index (χ3v) is 5.48. The fourth-order valence-electron chi connectivity index (χ4n) is 2.61. The molecule has 1 aliphatic rings. The lowest BCUT2D eigenvalue weighted by Gasteiger charge is -2.12. The fraction of sp³-hybridized carbons (Fsp3) is 0.267. The average Bonchev–Trinajstić information content (AvgIpc) is 2.94. The lowest BCUT2D eigenvalue weighted by molar-refractivity contribution is -0.392. The van der Waals surface area contributed by atoms with Crippen LogP contribution in [0.4, 0.5) is 5.82 Å². The predicted octanol–water partition coefficient (Wildman–Crippen LogP) is 2.02. The van der Waals surface area contributed by atoms with Gasteiger partial charge >= 0.3 is 5.82 Å². The van der Waals surface area contributed by atoms with Crippen molar-refractivity contribution in [1.29, 1.82) is 0 Å². The molecule has 1 aliphatic heterocycles. The molecule has 0 radical (unpaired) electrons. The van der Waals surface area contributed by atoms with Crippen LogP contribution in [0.5, 0.6) is 5.75 Å². The highest BCUT2D eigenvalue weighted by atomic mass is 32.2. The third kappa shape index (κ3) is 2.72. The van der Waals surface area contributed by atoms with Gasteiger partial charge in [0.05, 0.1) is 6.04 Å². The summed E-state index contributed by atoms with van der Waals surface area (Å²) in [5, 5.41) is 11.0. The second kappa shape index (κ2) is 5.84. The number of nitrogens with one attached hydrogen (secondary N) is 1. The van der Waals surface area contributed by atoms with Gasteiger partial charge in [0.2, 0.25) is 10.0 Å². The molecule has 1 unspecified atom stereocenters. The van der Waals surface area contributed by atoms with E-state index in [9.17, 15) is 18.5 Å². The zero-order valence-electron chi connectivity index (χ0n) is 13.0. The highest BCUT2D eigenvalue weighted by molar-refractivity contribution is 7.89. The van der Waals surface area contributed by atoms with Crippen LogP contribution in [0.1, 0.15) is 22.7 Å². The summed E-state index contributed by atoms with van der Waals surface area (Å²) < 4.78 is 33.2. The molecule has 2 heterocycles. The number of nitro groups is 1. The standard InChI is InChI=1S/C15H15N3O5S/c1-9-5-6-11-12(8-23-14(11)10(9)2)17-24(21,22)13-4-3-7-16-15(13)18(19)20/h3-7,12,17H,8H2,1-2H3. The van der Waals surface area contributed by atoms with Crippen LogP contribution in [0.15, 0.2) is 35.4 Å². The van der Waals surface area contributed by atoms with Crippen LogP contribution in [0.2, 0.25) is 0 Å². The van der Waals surface area contributed by atoms with E-state index in [1.807, 2.05) is 19.9 Å². The maximum Gasteiger partial charge on any atom is 0.383 e. The molecular formula is C15H15N3O5S. The van der Waals surface area contributed by atoms with E-state index in [-0.39, 0.29) is 6.61 Å². The van der Waals surface area contributed by atoms with Crippen molar-refractivity contribution >= 4 is 15.8 Å². The van der Waals surface area contributed by atoms with Crippen LogP contribution in [-0.4, -0.2) is 24.9 Å². The number of rotatable bonds is 4. The molecule has 0 saturated heterocycles. The Morgan fingerprint density at radius 3 is 2.79 bits per heavy atom. The van der Waals surface area contributed by atoms with E-state index in [0.717, 1.165) is 17.2 Å². The molecule has 9 heteroatoms. The van der Waals surface area contributed by atoms with E-state index in [4.69, 9.17) is 4.74 Å². The fourth-order valence-corrected chi connectivity index (χ4v) is 3.93. The summed E-state index contributed by atoms with van der Waals surface area (Å²) in [5.41, 5.74) is 2.70. The summed E-state index contributed by atoms with van der Waals surface area (Å²) in [6, 6.07) is 5.58. The Balaban J connectivity index is 1.97. The summed E-state index contributed by atoms with van der Waals surface area (Å²) in [6.07, 6.45) is 1.18. The molecule has 0 aliphatic carbocycles. The monoisotopic (exact) mass is 349 g/mol. The lowest BCUT2D eigenvalue weighted by atomic mass is 10.0. The number of aryl methyl sites for hydroxylation is 1. The Bertz CT molecular complexity index is 927. The van der Waals surface area contributed by atoms with E-state index in [1.165, 1.54) is 12.3 Å². The molecule has 0 amide bonds. The van der Waals surface area contributed by atoms with Gasteiger partial charge in [-0.3, -0.25) is 0 Å². The summed E-state index contributed by atoms with van der Waals surface area (Å²) in [4.78, 5) is 13.3. The molecule has 0 spiro atoms. The van der Waals surface area contributed by atoms with E-state index in [2.05, 4.69) is 9.71 Å². The molecular weight excluding hydrogens is 334 g/mol. The highest BCUT2D eigenvalue weighted by Gasteiger charge is 2.33. The SMILES string of the molecule is Cc1ccc2c(c1C)OCC2NS(=O)(=O)c1cccnc1[N+](=O)[O-]. The smallest absolute Gasteiger partial charge is 0.383 e. The van der Waals surface area contributed by atoms with E-state index < -0.39 is 31.7 Å². The van der Waals surface area contributed by atoms with E-state index in [0.29, 0.717) is 11.3 Å². The molecule has 0 bridgehead atoms. The van der Waals surface area contributed by atoms with E-state index in [1.54, 1.807) is 6.07 Å². The summed E-state index contributed by atoms with van der Waals surface area (Å²) in [6.45, 7) is 3.97. The minimum Gasteiger partial charge on any atom is -0.491 e. The minimum absolute atomic E-state index is 0.132. The van der Waals surface area contributed by atoms with Gasteiger partial charge in [-0.2, -0.15) is 4.72 Å². The molecule has 1 atom stereocenters. The maximum absolute atomic E-state index is 12.6. The Kier molecular flexibility index (Phi) is 3.98. The van der Waals surface area contributed by atoms with Crippen molar-refractivity contribution in [2.45, 2.75) is 24.8 Å². The second-order valence-electron chi connectivity index (χ2n) is 5.49. The van der Waals surface area contributed by atoms with Gasteiger partial charge in [-0.15, -0.1) is 0 Å². The van der Waals surface area contributed by atoms with Crippen LogP contribution >= 0.6 is 0 Å². The van der Waals surface area contributed by atoms with Crippen LogP contribution in [0, 0.1) is 24.0 Å². The number of ether oxygens (including phenoxy) is 1. The van der Waals surface area contributed by atoms with Crippen molar-refractivity contribution in [2.24, 2.45) is 0 Å². The summed E-state index contributed by atoms with van der Waals surface area (Å²) in [7, 11) is -4.12. The number of hydrogen-bond donors (Lipinski definition) is 1. The number of hydrogen-bond acceptors (Lipinski definition) is 6. The van der Waals surface area contributed by atoms with Gasteiger partial charge in [-0.05, 0) is 47.0 Å². The number of aromatic nitrogens is 1. The van der Waals surface area contributed by atoms with Crippen LogP contribution in [0.25, 0.3) is 0 Å². The Morgan fingerprint density at radius 1 is 1.33 bits per heavy atom. The van der Waals surface area contributed by atoms with Crippen molar-refractivity contribution in [3.8, 4) is 5.75 Å². The molecule has 126 valence electrons. The highest BCUT2D eigenvalue weighted by Crippen LogP contribution is 2.37. The molecule has 3 rings (SSSR count). The number of benzene rings is 1. The van der Waals surface area contributed by atoms with Gasteiger partial charge < -0.3 is 14.9 Å². The summed E-state index contributed by atoms with van der Waals surface area (Å²) >= 11 is 0. The first-order chi connectivity index (χ1) is 11.3. The van der Waals surface area contributed by atoms with Gasteiger partial charge in [-0.1, -0.05) is 12.1 Å². The van der Waals surface area contributed by atoms with Crippen molar-refractivity contribution < 1.29 is 18.1 Å². The van der Waals surface area contributed by atoms with Crippen molar-refractivity contribution in [3.63, 3.8) is 0 Å². The first-order valence-electron chi connectivity index (χ1n) is 7.16. The number of pyridine rings is 1. The predicted molar refractivity (Wildman–Crippen MR) is 85.4 cm³/mol. The van der Waals surface area contributed by atoms with E-state index >= 15 is 0 Å². The van der Waals surface area contributed by atoms with Gasteiger partial charge in [0.1, 0.15) is 18.6 Å². The summed E-state index contributed by atoms with van der Waals surface area (Å²) in [5.74, 6) is -0.0485. The van der Waals surface area contributed by atoms with Gasteiger partial charge in [0, 0.05) is 5.56 Å². The Labute approximate surface area is 138 Å². The van der Waals surface area contributed by atoms with Crippen molar-refractivity contribution in [3.05, 3.63) is 57.3 Å². The first kappa shape index (κ1) is 16.3. The molecule has 2 aromatic rings. The zero-order chi connectivity index (χ0) is 17.5. The van der Waals surface area contributed by atoms with Crippen LogP contribution in [-0.2, 0) is 10.0 Å². The quantitative estimate of drug-likeness (QED) is 0.667. The Hall–Kier alpha value is -2.52. The van der Waals surface area contributed by atoms with Crippen molar-refractivity contribution in [1.82, 2.24) is 9.71 Å². The third-order valence-electron chi connectivity index (χ3n) is 3.99. The van der Waals surface area contributed by atoms with Crippen molar-refractivity contribution in [2.75, 3.05) is 6.61 Å². The number of nitrogens with zero attached hydrogens (tertiary/aromatic N) is 2. The van der Waals surface area contributed by atoms with Gasteiger partial charge in [0.25, 0.3) is 0 Å². The lowest BCUT2D eigenvalue weighted by Crippen LogP contribution is -2.30. The number of sulfonamides is 1. The van der Waals surface area contributed by atoms with Crippen LogP contribution in [0.3, 0.4) is 0 Å². The minimum atomic E-state index is -4.12. The topological polar surface area (TPSA) is 111 Å². The van der Waals surface area contributed by atoms with Gasteiger partial charge in [0.15, 0.2) is 4.90 Å². The zero-order valence-corrected chi connectivity index (χ0v) is 13.8. The molecule has 24 heavy (non-hydrogen) atoms. The Morgan fingerprint density at radius 2 is 2.08 bits per heavy atom. The molecule has 1 N–H and O–H groups in total. The average molecular weight is 349 g/mol. The largest absolute Gasteiger partial charge is 0.491 e. The molecule has 1 aromatic carbocycles. The molecule has 1 aromatic heterocycles. The maximum atomic E-state index is 12.6. The molecule has 0 fully saturated rings.